The molecule has 2 heteroatoms. The second-order valence-electron chi connectivity index (χ2n) is 4.16. The van der Waals surface area contributed by atoms with E-state index in [1.54, 1.807) is 0 Å². The van der Waals surface area contributed by atoms with Crippen molar-refractivity contribution in [3.8, 4) is 11.1 Å². The van der Waals surface area contributed by atoms with Gasteiger partial charge in [-0.25, -0.2) is 0 Å². The zero-order valence-corrected chi connectivity index (χ0v) is 9.91. The quantitative estimate of drug-likeness (QED) is 0.737. The monoisotopic (exact) mass is 212 g/mol. The third kappa shape index (κ3) is 1.67. The number of anilines is 1. The molecule has 0 aliphatic carbocycles. The van der Waals surface area contributed by atoms with Crippen LogP contribution in [0.15, 0.2) is 30.6 Å². The molecule has 2 rings (SSSR count). The lowest BCUT2D eigenvalue weighted by molar-refractivity contribution is 1.29. The molecule has 0 atom stereocenters. The first-order chi connectivity index (χ1) is 7.61. The molecule has 1 aromatic carbocycles. The van der Waals surface area contributed by atoms with Crippen molar-refractivity contribution >= 4 is 5.69 Å². The minimum atomic E-state index is 0.886. The van der Waals surface area contributed by atoms with Crippen LogP contribution in [0.3, 0.4) is 0 Å². The Morgan fingerprint density at radius 3 is 2.25 bits per heavy atom. The molecule has 0 aliphatic heterocycles. The van der Waals surface area contributed by atoms with Crippen LogP contribution >= 0.6 is 0 Å². The largest absolute Gasteiger partial charge is 0.398 e. The number of hydrogen-bond acceptors (Lipinski definition) is 2. The Morgan fingerprint density at radius 2 is 1.62 bits per heavy atom. The molecule has 16 heavy (non-hydrogen) atoms. The lowest BCUT2D eigenvalue weighted by atomic mass is 9.93. The van der Waals surface area contributed by atoms with E-state index >= 15 is 0 Å². The summed E-state index contributed by atoms with van der Waals surface area (Å²) in [5, 5.41) is 0. The maximum Gasteiger partial charge on any atom is 0.0379 e. The summed E-state index contributed by atoms with van der Waals surface area (Å²) < 4.78 is 0. The Morgan fingerprint density at radius 1 is 1.00 bits per heavy atom. The van der Waals surface area contributed by atoms with Crippen LogP contribution in [-0.2, 0) is 0 Å². The van der Waals surface area contributed by atoms with Gasteiger partial charge in [0, 0.05) is 18.1 Å². The van der Waals surface area contributed by atoms with Crippen LogP contribution in [0.2, 0.25) is 0 Å². The highest BCUT2D eigenvalue weighted by atomic mass is 14.6. The van der Waals surface area contributed by atoms with Gasteiger partial charge in [-0.15, -0.1) is 0 Å². The molecule has 2 nitrogen and oxygen atoms in total. The van der Waals surface area contributed by atoms with Gasteiger partial charge in [0.15, 0.2) is 0 Å². The predicted octanol–water partition coefficient (Wildman–Crippen LogP) is 3.26. The molecule has 2 N–H and O–H groups in total. The summed E-state index contributed by atoms with van der Waals surface area (Å²) in [6.07, 6.45) is 3.62. The zero-order valence-electron chi connectivity index (χ0n) is 9.91. The van der Waals surface area contributed by atoms with Crippen molar-refractivity contribution in [2.24, 2.45) is 0 Å². The van der Waals surface area contributed by atoms with E-state index < -0.39 is 0 Å². The van der Waals surface area contributed by atoms with Crippen LogP contribution in [-0.4, -0.2) is 4.98 Å². The van der Waals surface area contributed by atoms with Crippen LogP contribution in [0.1, 0.15) is 16.7 Å². The minimum Gasteiger partial charge on any atom is -0.398 e. The van der Waals surface area contributed by atoms with Gasteiger partial charge in [0.05, 0.1) is 0 Å². The highest BCUT2D eigenvalue weighted by molar-refractivity contribution is 5.77. The maximum atomic E-state index is 6.07. The lowest BCUT2D eigenvalue weighted by Crippen LogP contribution is -1.98. The summed E-state index contributed by atoms with van der Waals surface area (Å²) in [6, 6.07) is 6.17. The normalized spacial score (nSPS) is 10.4. The molecule has 0 saturated carbocycles. The molecule has 0 bridgehead atoms. The van der Waals surface area contributed by atoms with Crippen LogP contribution in [0.5, 0.6) is 0 Å². The van der Waals surface area contributed by atoms with E-state index in [0.717, 1.165) is 16.8 Å². The molecule has 0 saturated heterocycles. The van der Waals surface area contributed by atoms with Crippen LogP contribution in [0, 0.1) is 20.8 Å². The summed E-state index contributed by atoms with van der Waals surface area (Å²) >= 11 is 0. The Labute approximate surface area is 96.1 Å². The van der Waals surface area contributed by atoms with Gasteiger partial charge in [-0.05, 0) is 60.7 Å². The van der Waals surface area contributed by atoms with Gasteiger partial charge in [-0.3, -0.25) is 4.98 Å². The molecule has 1 heterocycles. The first-order valence-electron chi connectivity index (χ1n) is 5.38. The first-order valence-corrected chi connectivity index (χ1v) is 5.38. The predicted molar refractivity (Wildman–Crippen MR) is 68.3 cm³/mol. The summed E-state index contributed by atoms with van der Waals surface area (Å²) in [5.74, 6) is 0. The van der Waals surface area contributed by atoms with Gasteiger partial charge in [-0.2, -0.15) is 0 Å². The molecule has 0 spiro atoms. The second kappa shape index (κ2) is 3.97. The van der Waals surface area contributed by atoms with E-state index in [4.69, 9.17) is 5.73 Å². The fourth-order valence-corrected chi connectivity index (χ4v) is 2.16. The number of aryl methyl sites for hydroxylation is 2. The highest BCUT2D eigenvalue weighted by Crippen LogP contribution is 2.32. The van der Waals surface area contributed by atoms with E-state index in [0.29, 0.717) is 0 Å². The maximum absolute atomic E-state index is 6.07. The fourth-order valence-electron chi connectivity index (χ4n) is 2.16. The topological polar surface area (TPSA) is 38.9 Å². The number of aromatic nitrogens is 1. The zero-order chi connectivity index (χ0) is 11.7. The Bertz CT molecular complexity index is 516. The molecule has 0 fully saturated rings. The third-order valence-corrected chi connectivity index (χ3v) is 3.00. The molecular formula is C14H16N2. The van der Waals surface area contributed by atoms with Crippen molar-refractivity contribution in [3.05, 3.63) is 47.3 Å². The van der Waals surface area contributed by atoms with Gasteiger partial charge in [0.2, 0.25) is 0 Å². The number of nitrogens with zero attached hydrogens (tertiary/aromatic N) is 1. The van der Waals surface area contributed by atoms with Crippen molar-refractivity contribution < 1.29 is 0 Å². The second-order valence-corrected chi connectivity index (χ2v) is 4.16. The Kier molecular flexibility index (Phi) is 2.65. The van der Waals surface area contributed by atoms with Crippen molar-refractivity contribution in [1.82, 2.24) is 4.98 Å². The summed E-state index contributed by atoms with van der Waals surface area (Å²) in [7, 11) is 0. The van der Waals surface area contributed by atoms with Crippen LogP contribution in [0.25, 0.3) is 11.1 Å². The first kappa shape index (κ1) is 10.7. The van der Waals surface area contributed by atoms with Crippen molar-refractivity contribution in [1.29, 1.82) is 0 Å². The third-order valence-electron chi connectivity index (χ3n) is 3.00. The smallest absolute Gasteiger partial charge is 0.0379 e. The molecule has 0 aliphatic rings. The molecule has 0 radical (unpaired) electrons. The van der Waals surface area contributed by atoms with E-state index in [1.165, 1.54) is 16.7 Å². The van der Waals surface area contributed by atoms with E-state index in [-0.39, 0.29) is 0 Å². The van der Waals surface area contributed by atoms with Crippen LogP contribution < -0.4 is 5.73 Å². The highest BCUT2D eigenvalue weighted by Gasteiger charge is 2.09. The van der Waals surface area contributed by atoms with Gasteiger partial charge < -0.3 is 5.73 Å². The average molecular weight is 212 g/mol. The van der Waals surface area contributed by atoms with E-state index in [2.05, 4.69) is 24.9 Å². The van der Waals surface area contributed by atoms with Crippen molar-refractivity contribution in [2.45, 2.75) is 20.8 Å². The number of benzene rings is 1. The molecule has 0 unspecified atom stereocenters. The fraction of sp³-hybridized carbons (Fsp3) is 0.214. The minimum absolute atomic E-state index is 0.886. The molecule has 1 aromatic heterocycles. The Balaban J connectivity index is 2.71. The van der Waals surface area contributed by atoms with Gasteiger partial charge >= 0.3 is 0 Å². The van der Waals surface area contributed by atoms with E-state index in [1.807, 2.05) is 31.5 Å². The summed E-state index contributed by atoms with van der Waals surface area (Å²) in [4.78, 5) is 4.04. The summed E-state index contributed by atoms with van der Waals surface area (Å²) in [6.45, 7) is 6.24. The number of rotatable bonds is 1. The number of pyridine rings is 1. The SMILES string of the molecule is Cc1cc(C)c(-c2ccncc2)c(C)c1N. The van der Waals surface area contributed by atoms with Gasteiger partial charge in [0.1, 0.15) is 0 Å². The van der Waals surface area contributed by atoms with Crippen LogP contribution in [0.4, 0.5) is 5.69 Å². The van der Waals surface area contributed by atoms with Gasteiger partial charge in [-0.1, -0.05) is 6.07 Å². The number of nitrogens with two attached hydrogens (primary N) is 1. The molecule has 2 aromatic rings. The molecule has 0 amide bonds. The van der Waals surface area contributed by atoms with Crippen molar-refractivity contribution in [3.63, 3.8) is 0 Å². The van der Waals surface area contributed by atoms with Gasteiger partial charge in [0.25, 0.3) is 0 Å². The molecule has 82 valence electrons. The standard InChI is InChI=1S/C14H16N2/c1-9-8-10(2)14(15)11(3)13(9)12-4-6-16-7-5-12/h4-8H,15H2,1-3H3. The van der Waals surface area contributed by atoms with Crippen molar-refractivity contribution in [2.75, 3.05) is 5.73 Å². The lowest BCUT2D eigenvalue weighted by Gasteiger charge is -2.14. The van der Waals surface area contributed by atoms with E-state index in [9.17, 15) is 0 Å². The summed E-state index contributed by atoms with van der Waals surface area (Å²) in [5.41, 5.74) is 12.9. The number of nitrogen functional groups attached to an aromatic ring is 1. The Hall–Kier alpha value is -1.83. The molecular weight excluding hydrogens is 196 g/mol. The average Bonchev–Trinajstić information content (AvgIpc) is 2.28. The number of hydrogen-bond donors (Lipinski definition) is 1.